The van der Waals surface area contributed by atoms with Crippen LogP contribution in [-0.2, 0) is 0 Å². The van der Waals surface area contributed by atoms with Gasteiger partial charge in [-0.05, 0) is 66.0 Å². The molecule has 1 fully saturated rings. The maximum Gasteiger partial charge on any atom is 0.133 e. The number of ether oxygens (including phenoxy) is 1. The van der Waals surface area contributed by atoms with Crippen LogP contribution in [0.2, 0.25) is 0 Å². The van der Waals surface area contributed by atoms with Crippen LogP contribution in [0.15, 0.2) is 22.7 Å². The third-order valence-corrected chi connectivity index (χ3v) is 3.63. The van der Waals surface area contributed by atoms with Crippen LogP contribution in [0.4, 0.5) is 0 Å². The van der Waals surface area contributed by atoms with Crippen molar-refractivity contribution in [1.29, 1.82) is 5.26 Å². The van der Waals surface area contributed by atoms with Crippen molar-refractivity contribution >= 4 is 15.9 Å². The van der Waals surface area contributed by atoms with Crippen LogP contribution >= 0.6 is 15.9 Å². The van der Waals surface area contributed by atoms with Crippen molar-refractivity contribution in [3.05, 3.63) is 28.2 Å². The largest absolute Gasteiger partial charge is 0.492 e. The van der Waals surface area contributed by atoms with Crippen LogP contribution in [0.5, 0.6) is 5.75 Å². The van der Waals surface area contributed by atoms with Crippen LogP contribution in [-0.4, -0.2) is 19.7 Å². The Morgan fingerprint density at radius 1 is 1.53 bits per heavy atom. The summed E-state index contributed by atoms with van der Waals surface area (Å²) in [7, 11) is 0. The molecule has 1 unspecified atom stereocenters. The summed E-state index contributed by atoms with van der Waals surface area (Å²) in [6.45, 7) is 2.97. The summed E-state index contributed by atoms with van der Waals surface area (Å²) < 4.78 is 6.56. The molecule has 17 heavy (non-hydrogen) atoms. The van der Waals surface area contributed by atoms with E-state index >= 15 is 0 Å². The Balaban J connectivity index is 1.84. The van der Waals surface area contributed by atoms with Crippen LogP contribution in [0.1, 0.15) is 18.4 Å². The van der Waals surface area contributed by atoms with Crippen molar-refractivity contribution in [3.8, 4) is 11.8 Å². The first-order valence-corrected chi connectivity index (χ1v) is 6.62. The van der Waals surface area contributed by atoms with E-state index in [4.69, 9.17) is 10.00 Å². The molecule has 1 aliphatic rings. The summed E-state index contributed by atoms with van der Waals surface area (Å²) in [5, 5.41) is 12.1. The SMILES string of the molecule is N#Cc1ccc(OCCC2CCNC2)c(Br)c1. The molecule has 1 aromatic carbocycles. The minimum Gasteiger partial charge on any atom is -0.492 e. The van der Waals surface area contributed by atoms with Crippen LogP contribution in [0.3, 0.4) is 0 Å². The summed E-state index contributed by atoms with van der Waals surface area (Å²) >= 11 is 3.41. The normalized spacial score (nSPS) is 18.9. The van der Waals surface area contributed by atoms with E-state index in [2.05, 4.69) is 27.3 Å². The van der Waals surface area contributed by atoms with E-state index in [0.717, 1.165) is 42.3 Å². The molecule has 0 aliphatic carbocycles. The second-order valence-corrected chi connectivity index (χ2v) is 5.11. The zero-order chi connectivity index (χ0) is 12.1. The van der Waals surface area contributed by atoms with Crippen molar-refractivity contribution in [1.82, 2.24) is 5.32 Å². The highest BCUT2D eigenvalue weighted by Crippen LogP contribution is 2.26. The summed E-state index contributed by atoms with van der Waals surface area (Å²) in [5.74, 6) is 1.56. The van der Waals surface area contributed by atoms with Crippen LogP contribution in [0, 0.1) is 17.2 Å². The fraction of sp³-hybridized carbons (Fsp3) is 0.462. The fourth-order valence-corrected chi connectivity index (χ4v) is 2.48. The van der Waals surface area contributed by atoms with Gasteiger partial charge in [0.05, 0.1) is 22.7 Å². The van der Waals surface area contributed by atoms with Gasteiger partial charge in [0.15, 0.2) is 0 Å². The third kappa shape index (κ3) is 3.45. The molecule has 4 heteroatoms. The van der Waals surface area contributed by atoms with Gasteiger partial charge in [-0.15, -0.1) is 0 Å². The molecule has 0 amide bonds. The molecule has 0 bridgehead atoms. The van der Waals surface area contributed by atoms with Gasteiger partial charge in [-0.2, -0.15) is 5.26 Å². The van der Waals surface area contributed by atoms with Gasteiger partial charge in [0.2, 0.25) is 0 Å². The monoisotopic (exact) mass is 294 g/mol. The lowest BCUT2D eigenvalue weighted by molar-refractivity contribution is 0.282. The van der Waals surface area contributed by atoms with Gasteiger partial charge in [0.25, 0.3) is 0 Å². The van der Waals surface area contributed by atoms with Gasteiger partial charge >= 0.3 is 0 Å². The summed E-state index contributed by atoms with van der Waals surface area (Å²) in [5.41, 5.74) is 0.643. The molecule has 90 valence electrons. The molecule has 0 spiro atoms. The molecule has 1 aliphatic heterocycles. The van der Waals surface area contributed by atoms with E-state index < -0.39 is 0 Å². The fourth-order valence-electron chi connectivity index (χ4n) is 1.98. The van der Waals surface area contributed by atoms with E-state index in [1.165, 1.54) is 6.42 Å². The Morgan fingerprint density at radius 3 is 3.06 bits per heavy atom. The lowest BCUT2D eigenvalue weighted by atomic mass is 10.1. The summed E-state index contributed by atoms with van der Waals surface area (Å²) in [6, 6.07) is 7.50. The van der Waals surface area contributed by atoms with Crippen molar-refractivity contribution < 1.29 is 4.74 Å². The summed E-state index contributed by atoms with van der Waals surface area (Å²) in [4.78, 5) is 0. The topological polar surface area (TPSA) is 45.0 Å². The summed E-state index contributed by atoms with van der Waals surface area (Å²) in [6.07, 6.45) is 2.33. The van der Waals surface area contributed by atoms with Gasteiger partial charge in [-0.3, -0.25) is 0 Å². The molecule has 1 heterocycles. The quantitative estimate of drug-likeness (QED) is 0.929. The molecular formula is C13H15BrN2O. The first-order valence-electron chi connectivity index (χ1n) is 5.83. The Morgan fingerprint density at radius 2 is 2.41 bits per heavy atom. The highest BCUT2D eigenvalue weighted by molar-refractivity contribution is 9.10. The van der Waals surface area contributed by atoms with Gasteiger partial charge in [0, 0.05) is 0 Å². The minimum absolute atomic E-state index is 0.643. The molecule has 0 aromatic heterocycles. The van der Waals surface area contributed by atoms with Gasteiger partial charge < -0.3 is 10.1 Å². The number of nitrogens with zero attached hydrogens (tertiary/aromatic N) is 1. The number of hydrogen-bond acceptors (Lipinski definition) is 3. The molecule has 1 aromatic rings. The second kappa shape index (κ2) is 6.04. The molecule has 1 N–H and O–H groups in total. The van der Waals surface area contributed by atoms with Crippen molar-refractivity contribution in [2.45, 2.75) is 12.8 Å². The first-order chi connectivity index (χ1) is 8.29. The van der Waals surface area contributed by atoms with E-state index in [-0.39, 0.29) is 0 Å². The number of nitrogens with one attached hydrogen (secondary N) is 1. The Bertz CT molecular complexity index is 422. The standard InChI is InChI=1S/C13H15BrN2O/c14-12-7-11(8-15)1-2-13(12)17-6-4-10-3-5-16-9-10/h1-2,7,10,16H,3-6,9H2. The highest BCUT2D eigenvalue weighted by atomic mass is 79.9. The van der Waals surface area contributed by atoms with Crippen LogP contribution in [0.25, 0.3) is 0 Å². The van der Waals surface area contributed by atoms with Crippen molar-refractivity contribution in [3.63, 3.8) is 0 Å². The van der Waals surface area contributed by atoms with E-state index in [1.54, 1.807) is 12.1 Å². The lowest BCUT2D eigenvalue weighted by Crippen LogP contribution is -2.11. The van der Waals surface area contributed by atoms with Crippen molar-refractivity contribution in [2.75, 3.05) is 19.7 Å². The molecule has 2 rings (SSSR count). The Kier molecular flexibility index (Phi) is 4.41. The van der Waals surface area contributed by atoms with Crippen LogP contribution < -0.4 is 10.1 Å². The van der Waals surface area contributed by atoms with E-state index in [1.807, 2.05) is 6.07 Å². The van der Waals surface area contributed by atoms with Gasteiger partial charge in [0.1, 0.15) is 5.75 Å². The minimum atomic E-state index is 0.643. The molecular weight excluding hydrogens is 280 g/mol. The van der Waals surface area contributed by atoms with E-state index in [9.17, 15) is 0 Å². The molecule has 0 radical (unpaired) electrons. The zero-order valence-corrected chi connectivity index (χ0v) is 11.2. The maximum atomic E-state index is 8.75. The van der Waals surface area contributed by atoms with E-state index in [0.29, 0.717) is 5.56 Å². The highest BCUT2D eigenvalue weighted by Gasteiger charge is 2.14. The first kappa shape index (κ1) is 12.4. The number of benzene rings is 1. The van der Waals surface area contributed by atoms with Gasteiger partial charge in [-0.1, -0.05) is 0 Å². The molecule has 1 saturated heterocycles. The molecule has 1 atom stereocenters. The van der Waals surface area contributed by atoms with Crippen molar-refractivity contribution in [2.24, 2.45) is 5.92 Å². The lowest BCUT2D eigenvalue weighted by Gasteiger charge is -2.11. The zero-order valence-electron chi connectivity index (χ0n) is 9.58. The average Bonchev–Trinajstić information content (AvgIpc) is 2.84. The second-order valence-electron chi connectivity index (χ2n) is 4.25. The molecule has 0 saturated carbocycles. The van der Waals surface area contributed by atoms with Gasteiger partial charge in [-0.25, -0.2) is 0 Å². The predicted octanol–water partition coefficient (Wildman–Crippen LogP) is 2.70. The molecule has 3 nitrogen and oxygen atoms in total. The number of nitriles is 1. The third-order valence-electron chi connectivity index (χ3n) is 3.01. The smallest absolute Gasteiger partial charge is 0.133 e. The Hall–Kier alpha value is -1.05. The maximum absolute atomic E-state index is 8.75. The predicted molar refractivity (Wildman–Crippen MR) is 69.9 cm³/mol. The number of rotatable bonds is 4. The Labute approximate surface area is 110 Å². The average molecular weight is 295 g/mol. The number of hydrogen-bond donors (Lipinski definition) is 1. The number of halogens is 1.